The summed E-state index contributed by atoms with van der Waals surface area (Å²) in [5.74, 6) is -0.984. The first-order valence-corrected chi connectivity index (χ1v) is 5.95. The lowest BCUT2D eigenvalue weighted by molar-refractivity contribution is -0.179. The normalized spacial score (nSPS) is 24.7. The van der Waals surface area contributed by atoms with Gasteiger partial charge in [-0.05, 0) is 19.3 Å². The van der Waals surface area contributed by atoms with Gasteiger partial charge < -0.3 is 4.74 Å². The molecule has 2 aliphatic heterocycles. The monoisotopic (exact) mass is 252 g/mol. The number of hydrogen-bond acceptors (Lipinski definition) is 4. The summed E-state index contributed by atoms with van der Waals surface area (Å²) in [6.45, 7) is 4.14. The quantitative estimate of drug-likeness (QED) is 0.495. The highest BCUT2D eigenvalue weighted by Gasteiger charge is 2.42. The largest absolute Gasteiger partial charge is 0.467 e. The second-order valence-electron chi connectivity index (χ2n) is 4.45. The molecular weight excluding hydrogens is 236 g/mol. The molecule has 98 valence electrons. The van der Waals surface area contributed by atoms with Crippen molar-refractivity contribution in [3.63, 3.8) is 0 Å². The van der Waals surface area contributed by atoms with Crippen LogP contribution in [0.2, 0.25) is 0 Å². The zero-order valence-corrected chi connectivity index (χ0v) is 10.3. The molecule has 2 fully saturated rings. The minimum atomic E-state index is -0.713. The van der Waals surface area contributed by atoms with Gasteiger partial charge in [-0.25, -0.2) is 9.80 Å². The van der Waals surface area contributed by atoms with Gasteiger partial charge in [0.2, 0.25) is 5.91 Å². The third-order valence-corrected chi connectivity index (χ3v) is 3.32. The number of amides is 2. The van der Waals surface area contributed by atoms with Crippen molar-refractivity contribution in [2.45, 2.75) is 31.7 Å². The van der Waals surface area contributed by atoms with Crippen molar-refractivity contribution in [2.24, 2.45) is 0 Å². The van der Waals surface area contributed by atoms with Crippen LogP contribution in [-0.2, 0) is 19.1 Å². The molecule has 6 nitrogen and oxygen atoms in total. The van der Waals surface area contributed by atoms with E-state index in [9.17, 15) is 14.4 Å². The number of hydrazine groups is 1. The van der Waals surface area contributed by atoms with E-state index in [2.05, 4.69) is 6.58 Å². The number of hydrogen-bond donors (Lipinski definition) is 0. The molecule has 0 saturated carbocycles. The number of ether oxygens (including phenoxy) is 1. The Morgan fingerprint density at radius 2 is 2.11 bits per heavy atom. The van der Waals surface area contributed by atoms with E-state index in [1.165, 1.54) is 17.1 Å². The van der Waals surface area contributed by atoms with Crippen LogP contribution in [0.15, 0.2) is 12.2 Å². The molecule has 0 aromatic rings. The first-order chi connectivity index (χ1) is 8.56. The van der Waals surface area contributed by atoms with Crippen molar-refractivity contribution in [1.29, 1.82) is 0 Å². The van der Waals surface area contributed by atoms with Crippen LogP contribution in [0, 0.1) is 0 Å². The molecule has 2 amide bonds. The third kappa shape index (κ3) is 1.98. The number of fused-ring (bicyclic) bond motifs is 1. The molecule has 2 heterocycles. The van der Waals surface area contributed by atoms with Gasteiger partial charge in [0.15, 0.2) is 6.04 Å². The van der Waals surface area contributed by atoms with Crippen molar-refractivity contribution >= 4 is 17.8 Å². The van der Waals surface area contributed by atoms with Gasteiger partial charge in [0.1, 0.15) is 0 Å². The maximum Gasteiger partial charge on any atom is 0.330 e. The van der Waals surface area contributed by atoms with E-state index in [0.29, 0.717) is 31.4 Å². The summed E-state index contributed by atoms with van der Waals surface area (Å²) in [5, 5.41) is 2.60. The summed E-state index contributed by atoms with van der Waals surface area (Å²) >= 11 is 0. The van der Waals surface area contributed by atoms with Crippen molar-refractivity contribution in [1.82, 2.24) is 10.0 Å². The highest BCUT2D eigenvalue weighted by molar-refractivity contribution is 5.99. The summed E-state index contributed by atoms with van der Waals surface area (Å²) in [4.78, 5) is 35.8. The van der Waals surface area contributed by atoms with E-state index < -0.39 is 12.0 Å². The smallest absolute Gasteiger partial charge is 0.330 e. The SMILES string of the molecule is C=C1CCC(=O)N2CCC[C@@H](C(=O)OC)N2C1=O. The molecule has 0 spiro atoms. The molecule has 1 atom stereocenters. The lowest BCUT2D eigenvalue weighted by atomic mass is 10.1. The van der Waals surface area contributed by atoms with E-state index >= 15 is 0 Å². The van der Waals surface area contributed by atoms with Gasteiger partial charge in [0.05, 0.1) is 7.11 Å². The summed E-state index contributed by atoms with van der Waals surface area (Å²) < 4.78 is 4.70. The molecule has 0 radical (unpaired) electrons. The van der Waals surface area contributed by atoms with E-state index in [1.54, 1.807) is 0 Å². The number of nitrogens with zero attached hydrogens (tertiary/aromatic N) is 2. The molecule has 0 aromatic carbocycles. The molecule has 0 bridgehead atoms. The number of methoxy groups -OCH3 is 1. The maximum absolute atomic E-state index is 12.2. The van der Waals surface area contributed by atoms with Crippen LogP contribution >= 0.6 is 0 Å². The summed E-state index contributed by atoms with van der Waals surface area (Å²) in [5.41, 5.74) is 0.363. The Balaban J connectivity index is 2.35. The van der Waals surface area contributed by atoms with Gasteiger partial charge in [-0.1, -0.05) is 6.58 Å². The molecule has 2 rings (SSSR count). The summed E-state index contributed by atoms with van der Waals surface area (Å²) in [6.07, 6.45) is 1.80. The molecule has 6 heteroatoms. The molecule has 2 aliphatic rings. The molecule has 18 heavy (non-hydrogen) atoms. The zero-order valence-electron chi connectivity index (χ0n) is 10.3. The number of rotatable bonds is 1. The van der Waals surface area contributed by atoms with Crippen LogP contribution in [0.4, 0.5) is 0 Å². The minimum Gasteiger partial charge on any atom is -0.467 e. The lowest BCUT2D eigenvalue weighted by Gasteiger charge is -2.41. The van der Waals surface area contributed by atoms with Gasteiger partial charge >= 0.3 is 5.97 Å². The molecule has 0 aliphatic carbocycles. The zero-order chi connectivity index (χ0) is 13.3. The fourth-order valence-corrected chi connectivity index (χ4v) is 2.34. The van der Waals surface area contributed by atoms with Gasteiger partial charge in [-0.2, -0.15) is 0 Å². The predicted octanol–water partition coefficient (Wildman–Crippen LogP) is 0.244. The number of esters is 1. The van der Waals surface area contributed by atoms with Gasteiger partial charge in [0.25, 0.3) is 5.91 Å². The van der Waals surface area contributed by atoms with E-state index in [4.69, 9.17) is 4.74 Å². The minimum absolute atomic E-state index is 0.143. The molecule has 0 unspecified atom stereocenters. The van der Waals surface area contributed by atoms with Crippen LogP contribution in [0.25, 0.3) is 0 Å². The highest BCUT2D eigenvalue weighted by Crippen LogP contribution is 2.26. The van der Waals surface area contributed by atoms with Crippen molar-refractivity contribution in [3.8, 4) is 0 Å². The Morgan fingerprint density at radius 1 is 1.39 bits per heavy atom. The third-order valence-electron chi connectivity index (χ3n) is 3.32. The second kappa shape index (κ2) is 4.80. The second-order valence-corrected chi connectivity index (χ2v) is 4.45. The maximum atomic E-state index is 12.2. The number of carbonyl (C=O) groups is 3. The summed E-state index contributed by atoms with van der Waals surface area (Å²) in [7, 11) is 1.28. The van der Waals surface area contributed by atoms with Crippen LogP contribution in [0.3, 0.4) is 0 Å². The van der Waals surface area contributed by atoms with E-state index in [0.717, 1.165) is 0 Å². The first kappa shape index (κ1) is 12.6. The van der Waals surface area contributed by atoms with Crippen LogP contribution in [0.1, 0.15) is 25.7 Å². The Bertz CT molecular complexity index is 418. The van der Waals surface area contributed by atoms with Crippen molar-refractivity contribution in [2.75, 3.05) is 13.7 Å². The Morgan fingerprint density at radius 3 is 2.78 bits per heavy atom. The molecule has 0 aromatic heterocycles. The van der Waals surface area contributed by atoms with E-state index in [-0.39, 0.29) is 18.2 Å². The van der Waals surface area contributed by atoms with Crippen molar-refractivity contribution in [3.05, 3.63) is 12.2 Å². The molecule has 2 saturated heterocycles. The van der Waals surface area contributed by atoms with Crippen LogP contribution in [0.5, 0.6) is 0 Å². The predicted molar refractivity (Wildman–Crippen MR) is 62.0 cm³/mol. The van der Waals surface area contributed by atoms with Crippen LogP contribution < -0.4 is 0 Å². The Kier molecular flexibility index (Phi) is 3.36. The number of carbonyl (C=O) groups excluding carboxylic acids is 3. The highest BCUT2D eigenvalue weighted by atomic mass is 16.5. The van der Waals surface area contributed by atoms with Crippen LogP contribution in [-0.4, -0.2) is 47.5 Å². The standard InChI is InChI=1S/C12H16N2O4/c1-8-5-6-10(15)13-7-3-4-9(12(17)18-2)14(13)11(8)16/h9H,1,3-7H2,2H3/t9-/m0/s1. The topological polar surface area (TPSA) is 66.9 Å². The first-order valence-electron chi connectivity index (χ1n) is 5.95. The average Bonchev–Trinajstić information content (AvgIpc) is 2.50. The van der Waals surface area contributed by atoms with Gasteiger partial charge in [-0.15, -0.1) is 0 Å². The fourth-order valence-electron chi connectivity index (χ4n) is 2.34. The lowest BCUT2D eigenvalue weighted by Crippen LogP contribution is -2.59. The van der Waals surface area contributed by atoms with Gasteiger partial charge in [0, 0.05) is 18.5 Å². The Labute approximate surface area is 105 Å². The molecule has 0 N–H and O–H groups in total. The Hall–Kier alpha value is -1.85. The summed E-state index contributed by atoms with van der Waals surface area (Å²) in [6, 6.07) is -0.713. The van der Waals surface area contributed by atoms with Crippen molar-refractivity contribution < 1.29 is 19.1 Å². The van der Waals surface area contributed by atoms with Gasteiger partial charge in [-0.3, -0.25) is 14.6 Å². The molecular formula is C12H16N2O4. The average molecular weight is 252 g/mol. The fraction of sp³-hybridized carbons (Fsp3) is 0.583. The van der Waals surface area contributed by atoms with E-state index in [1.807, 2.05) is 0 Å².